The lowest BCUT2D eigenvalue weighted by atomic mass is 10.0. The highest BCUT2D eigenvalue weighted by atomic mass is 16.3. The Balaban J connectivity index is 2.48. The smallest absolute Gasteiger partial charge is 0.220 e. The molecule has 5 heteroatoms. The van der Waals surface area contributed by atoms with Gasteiger partial charge in [-0.05, 0) is 31.0 Å². The summed E-state index contributed by atoms with van der Waals surface area (Å²) in [6.45, 7) is 1.04. The van der Waals surface area contributed by atoms with Crippen LogP contribution in [-0.4, -0.2) is 49.0 Å². The number of carbonyl (C=O) groups is 1. The standard InChI is InChI=1S/C15H24N2O3/c1-15(10-18,11-19)16-14(20)9-6-12-4-7-13(8-5-12)17(2)3/h4-5,7-8,18-19H,6,9-11H2,1-3H3,(H,16,20). The normalized spacial score (nSPS) is 11.2. The topological polar surface area (TPSA) is 72.8 Å². The van der Waals surface area contributed by atoms with Crippen molar-refractivity contribution in [2.75, 3.05) is 32.2 Å². The average Bonchev–Trinajstić information content (AvgIpc) is 2.45. The summed E-state index contributed by atoms with van der Waals surface area (Å²) in [6.07, 6.45) is 0.962. The molecule has 0 aliphatic rings. The number of aryl methyl sites for hydroxylation is 1. The highest BCUT2D eigenvalue weighted by Crippen LogP contribution is 2.13. The van der Waals surface area contributed by atoms with Crippen molar-refractivity contribution in [3.63, 3.8) is 0 Å². The second-order valence-electron chi connectivity index (χ2n) is 5.49. The highest BCUT2D eigenvalue weighted by Gasteiger charge is 2.24. The van der Waals surface area contributed by atoms with Gasteiger partial charge >= 0.3 is 0 Å². The molecule has 0 fully saturated rings. The Bertz CT molecular complexity index is 425. The molecular formula is C15H24N2O3. The predicted molar refractivity (Wildman–Crippen MR) is 79.8 cm³/mol. The van der Waals surface area contributed by atoms with Crippen LogP contribution in [0.2, 0.25) is 0 Å². The molecule has 0 aromatic heterocycles. The molecule has 0 radical (unpaired) electrons. The van der Waals surface area contributed by atoms with Crippen LogP contribution >= 0.6 is 0 Å². The molecule has 0 spiro atoms. The first-order valence-electron chi connectivity index (χ1n) is 6.69. The van der Waals surface area contributed by atoms with Crippen molar-refractivity contribution >= 4 is 11.6 Å². The van der Waals surface area contributed by atoms with E-state index >= 15 is 0 Å². The third-order valence-corrected chi connectivity index (χ3v) is 3.23. The fraction of sp³-hybridized carbons (Fsp3) is 0.533. The molecule has 0 unspecified atom stereocenters. The fourth-order valence-electron chi connectivity index (χ4n) is 1.75. The highest BCUT2D eigenvalue weighted by molar-refractivity contribution is 5.77. The van der Waals surface area contributed by atoms with Crippen molar-refractivity contribution in [2.45, 2.75) is 25.3 Å². The number of rotatable bonds is 7. The summed E-state index contributed by atoms with van der Waals surface area (Å²) >= 11 is 0. The molecule has 0 saturated carbocycles. The predicted octanol–water partition coefficient (Wildman–Crippen LogP) is 0.545. The van der Waals surface area contributed by atoms with Crippen LogP contribution in [0.4, 0.5) is 5.69 Å². The van der Waals surface area contributed by atoms with E-state index in [0.717, 1.165) is 11.3 Å². The molecule has 5 nitrogen and oxygen atoms in total. The number of nitrogens with one attached hydrogen (secondary N) is 1. The van der Waals surface area contributed by atoms with Crippen molar-refractivity contribution in [3.05, 3.63) is 29.8 Å². The van der Waals surface area contributed by atoms with Crippen LogP contribution in [0.25, 0.3) is 0 Å². The van der Waals surface area contributed by atoms with Gasteiger partial charge in [0.2, 0.25) is 5.91 Å². The first-order valence-corrected chi connectivity index (χ1v) is 6.69. The van der Waals surface area contributed by atoms with Gasteiger partial charge in [-0.25, -0.2) is 0 Å². The minimum Gasteiger partial charge on any atom is -0.394 e. The molecule has 1 aromatic rings. The molecule has 1 aromatic carbocycles. The van der Waals surface area contributed by atoms with E-state index in [-0.39, 0.29) is 19.1 Å². The van der Waals surface area contributed by atoms with E-state index in [1.807, 2.05) is 43.3 Å². The van der Waals surface area contributed by atoms with E-state index in [1.54, 1.807) is 6.92 Å². The summed E-state index contributed by atoms with van der Waals surface area (Å²) in [5, 5.41) is 20.9. The second-order valence-corrected chi connectivity index (χ2v) is 5.49. The molecule has 0 atom stereocenters. The Labute approximate surface area is 120 Å². The number of carbonyl (C=O) groups excluding carboxylic acids is 1. The maximum atomic E-state index is 11.8. The second kappa shape index (κ2) is 7.26. The molecule has 20 heavy (non-hydrogen) atoms. The van der Waals surface area contributed by atoms with Gasteiger partial charge in [0.15, 0.2) is 0 Å². The van der Waals surface area contributed by atoms with Crippen LogP contribution in [-0.2, 0) is 11.2 Å². The molecule has 3 N–H and O–H groups in total. The van der Waals surface area contributed by atoms with Gasteiger partial charge in [0.05, 0.1) is 18.8 Å². The number of aliphatic hydroxyl groups is 2. The van der Waals surface area contributed by atoms with E-state index in [0.29, 0.717) is 12.8 Å². The zero-order valence-corrected chi connectivity index (χ0v) is 12.4. The van der Waals surface area contributed by atoms with Crippen molar-refractivity contribution in [1.82, 2.24) is 5.32 Å². The Hall–Kier alpha value is -1.59. The number of aliphatic hydroxyl groups excluding tert-OH is 2. The molecule has 0 bridgehead atoms. The number of benzene rings is 1. The lowest BCUT2D eigenvalue weighted by Gasteiger charge is -2.26. The van der Waals surface area contributed by atoms with E-state index < -0.39 is 5.54 Å². The summed E-state index contributed by atoms with van der Waals surface area (Å²) in [5.74, 6) is -0.174. The molecule has 112 valence electrons. The number of amides is 1. The van der Waals surface area contributed by atoms with Crippen LogP contribution in [0.3, 0.4) is 0 Å². The van der Waals surface area contributed by atoms with Crippen molar-refractivity contribution in [1.29, 1.82) is 0 Å². The van der Waals surface area contributed by atoms with Gasteiger partial charge in [-0.15, -0.1) is 0 Å². The monoisotopic (exact) mass is 280 g/mol. The SMILES string of the molecule is CN(C)c1ccc(CCC(=O)NC(C)(CO)CO)cc1. The number of anilines is 1. The van der Waals surface area contributed by atoms with Gasteiger partial charge in [-0.2, -0.15) is 0 Å². The summed E-state index contributed by atoms with van der Waals surface area (Å²) in [7, 11) is 3.96. The van der Waals surface area contributed by atoms with Crippen molar-refractivity contribution in [2.24, 2.45) is 0 Å². The summed E-state index contributed by atoms with van der Waals surface area (Å²) in [4.78, 5) is 13.8. The summed E-state index contributed by atoms with van der Waals surface area (Å²) in [5.41, 5.74) is 1.25. The minimum absolute atomic E-state index is 0.174. The molecular weight excluding hydrogens is 256 g/mol. The summed E-state index contributed by atoms with van der Waals surface area (Å²) in [6, 6.07) is 8.03. The minimum atomic E-state index is -0.953. The van der Waals surface area contributed by atoms with Gasteiger partial charge in [0.25, 0.3) is 0 Å². The summed E-state index contributed by atoms with van der Waals surface area (Å²) < 4.78 is 0. The van der Waals surface area contributed by atoms with E-state index in [4.69, 9.17) is 10.2 Å². The third-order valence-electron chi connectivity index (χ3n) is 3.23. The Morgan fingerprint density at radius 1 is 1.20 bits per heavy atom. The van der Waals surface area contributed by atoms with Gasteiger partial charge in [0.1, 0.15) is 0 Å². The molecule has 1 amide bonds. The lowest BCUT2D eigenvalue weighted by molar-refractivity contribution is -0.124. The molecule has 0 aliphatic heterocycles. The van der Waals surface area contributed by atoms with Gasteiger partial charge < -0.3 is 20.4 Å². The molecule has 1 rings (SSSR count). The van der Waals surface area contributed by atoms with Crippen molar-refractivity contribution < 1.29 is 15.0 Å². The van der Waals surface area contributed by atoms with Gasteiger partial charge in [0, 0.05) is 26.2 Å². The van der Waals surface area contributed by atoms with Crippen LogP contribution in [0.1, 0.15) is 18.9 Å². The van der Waals surface area contributed by atoms with Crippen LogP contribution in [0.5, 0.6) is 0 Å². The Morgan fingerprint density at radius 2 is 1.75 bits per heavy atom. The number of hydrogen-bond acceptors (Lipinski definition) is 4. The molecule has 0 heterocycles. The first-order chi connectivity index (χ1) is 9.40. The van der Waals surface area contributed by atoms with Crippen molar-refractivity contribution in [3.8, 4) is 0 Å². The van der Waals surface area contributed by atoms with E-state index in [1.165, 1.54) is 0 Å². The quantitative estimate of drug-likeness (QED) is 0.682. The largest absolute Gasteiger partial charge is 0.394 e. The fourth-order valence-corrected chi connectivity index (χ4v) is 1.75. The van der Waals surface area contributed by atoms with E-state index in [2.05, 4.69) is 5.32 Å². The van der Waals surface area contributed by atoms with Gasteiger partial charge in [-0.3, -0.25) is 4.79 Å². The molecule has 0 aliphatic carbocycles. The molecule has 0 saturated heterocycles. The third kappa shape index (κ3) is 4.83. The number of nitrogens with zero attached hydrogens (tertiary/aromatic N) is 1. The van der Waals surface area contributed by atoms with Crippen LogP contribution < -0.4 is 10.2 Å². The van der Waals surface area contributed by atoms with Crippen LogP contribution in [0.15, 0.2) is 24.3 Å². The van der Waals surface area contributed by atoms with Crippen LogP contribution in [0, 0.1) is 0 Å². The lowest BCUT2D eigenvalue weighted by Crippen LogP contribution is -2.51. The van der Waals surface area contributed by atoms with E-state index in [9.17, 15) is 4.79 Å². The number of hydrogen-bond donors (Lipinski definition) is 3. The Kier molecular flexibility index (Phi) is 5.98. The maximum Gasteiger partial charge on any atom is 0.220 e. The first kappa shape index (κ1) is 16.5. The zero-order valence-electron chi connectivity index (χ0n) is 12.4. The Morgan fingerprint density at radius 3 is 2.20 bits per heavy atom. The average molecular weight is 280 g/mol. The zero-order chi connectivity index (χ0) is 15.2. The van der Waals surface area contributed by atoms with Gasteiger partial charge in [-0.1, -0.05) is 12.1 Å². The maximum absolute atomic E-state index is 11.8.